The second-order valence-electron chi connectivity index (χ2n) is 7.72. The lowest BCUT2D eigenvalue weighted by Crippen LogP contribution is -2.53. The van der Waals surface area contributed by atoms with Crippen molar-refractivity contribution in [1.82, 2.24) is 10.2 Å². The number of carboxylic acid groups (broad SMARTS) is 1. The molecule has 2 N–H and O–H groups in total. The summed E-state index contributed by atoms with van der Waals surface area (Å²) in [6.45, 7) is 7.20. The Kier molecular flexibility index (Phi) is 10.5. The first-order valence-corrected chi connectivity index (χ1v) is 11.8. The van der Waals surface area contributed by atoms with Gasteiger partial charge in [0, 0.05) is 38.2 Å². The fourth-order valence-electron chi connectivity index (χ4n) is 2.80. The van der Waals surface area contributed by atoms with E-state index < -0.39 is 17.0 Å². The Morgan fingerprint density at radius 2 is 1.75 bits per heavy atom. The van der Waals surface area contributed by atoms with Crippen molar-refractivity contribution in [2.45, 2.75) is 45.6 Å². The van der Waals surface area contributed by atoms with Crippen LogP contribution in [0.15, 0.2) is 0 Å². The van der Waals surface area contributed by atoms with Crippen LogP contribution in [0.4, 0.5) is 4.79 Å². The molecule has 0 aromatic rings. The maximum absolute atomic E-state index is 12.8. The van der Waals surface area contributed by atoms with Gasteiger partial charge in [-0.15, -0.1) is 0 Å². The molecule has 1 fully saturated rings. The Hall–Kier alpha value is -1.13. The maximum atomic E-state index is 12.8. The van der Waals surface area contributed by atoms with Crippen LogP contribution in [-0.4, -0.2) is 78.4 Å². The van der Waals surface area contributed by atoms with Gasteiger partial charge in [-0.1, -0.05) is 21.6 Å². The third-order valence-electron chi connectivity index (χ3n) is 4.23. The van der Waals surface area contributed by atoms with E-state index in [1.807, 2.05) is 20.8 Å². The summed E-state index contributed by atoms with van der Waals surface area (Å²) in [6, 6.07) is 0. The maximum Gasteiger partial charge on any atom is 0.410 e. The van der Waals surface area contributed by atoms with Gasteiger partial charge in [0.1, 0.15) is 5.60 Å². The van der Waals surface area contributed by atoms with Gasteiger partial charge in [0.25, 0.3) is 0 Å². The average Bonchev–Trinajstić information content (AvgIpc) is 2.59. The number of carboxylic acids is 1. The number of nitrogens with zero attached hydrogens (tertiary/aromatic N) is 1. The summed E-state index contributed by atoms with van der Waals surface area (Å²) < 4.78 is 10.7. The van der Waals surface area contributed by atoms with Gasteiger partial charge >= 0.3 is 12.1 Å². The number of carbonyl (C=O) groups is 3. The SMILES string of the molecule is COCC1(C(=O)NCCSSCCC(=O)O)CCN(C(=O)OC(C)(C)C)CC1. The molecule has 1 aliphatic heterocycles. The van der Waals surface area contributed by atoms with Crippen LogP contribution in [0, 0.1) is 5.41 Å². The van der Waals surface area contributed by atoms with Crippen LogP contribution in [0.5, 0.6) is 0 Å². The lowest BCUT2D eigenvalue weighted by Gasteiger charge is -2.40. The van der Waals surface area contributed by atoms with Crippen LogP contribution in [-0.2, 0) is 19.1 Å². The van der Waals surface area contributed by atoms with Gasteiger partial charge in [0.2, 0.25) is 5.91 Å². The van der Waals surface area contributed by atoms with E-state index in [9.17, 15) is 14.4 Å². The molecular formula is C18H32N2O6S2. The van der Waals surface area contributed by atoms with E-state index in [0.717, 1.165) is 0 Å². The van der Waals surface area contributed by atoms with Crippen molar-refractivity contribution in [1.29, 1.82) is 0 Å². The summed E-state index contributed by atoms with van der Waals surface area (Å²) >= 11 is 0. The normalized spacial score (nSPS) is 16.5. The molecule has 8 nitrogen and oxygen atoms in total. The number of ether oxygens (including phenoxy) is 2. The molecule has 0 saturated carbocycles. The van der Waals surface area contributed by atoms with Crippen molar-refractivity contribution < 1.29 is 29.0 Å². The number of methoxy groups -OCH3 is 1. The first-order chi connectivity index (χ1) is 13.1. The van der Waals surface area contributed by atoms with Gasteiger partial charge in [-0.05, 0) is 33.6 Å². The molecule has 162 valence electrons. The second-order valence-corrected chi connectivity index (χ2v) is 10.4. The number of aliphatic carboxylic acids is 1. The van der Waals surface area contributed by atoms with E-state index >= 15 is 0 Å². The van der Waals surface area contributed by atoms with Crippen LogP contribution >= 0.6 is 21.6 Å². The molecule has 0 bridgehead atoms. The van der Waals surface area contributed by atoms with Gasteiger partial charge in [0.05, 0.1) is 18.4 Å². The molecule has 0 aliphatic carbocycles. The summed E-state index contributed by atoms with van der Waals surface area (Å²) in [7, 11) is 4.61. The van der Waals surface area contributed by atoms with Crippen molar-refractivity contribution >= 4 is 39.6 Å². The zero-order valence-corrected chi connectivity index (χ0v) is 18.7. The van der Waals surface area contributed by atoms with E-state index in [0.29, 0.717) is 50.6 Å². The summed E-state index contributed by atoms with van der Waals surface area (Å²) in [5.74, 6) is 0.375. The highest BCUT2D eigenvalue weighted by atomic mass is 33.1. The number of nitrogens with one attached hydrogen (secondary N) is 1. The summed E-state index contributed by atoms with van der Waals surface area (Å²) in [5, 5.41) is 11.6. The van der Waals surface area contributed by atoms with Gasteiger partial charge in [-0.3, -0.25) is 9.59 Å². The first kappa shape index (κ1) is 24.9. The van der Waals surface area contributed by atoms with Gasteiger partial charge in [0.15, 0.2) is 0 Å². The minimum Gasteiger partial charge on any atom is -0.481 e. The van der Waals surface area contributed by atoms with Crippen LogP contribution in [0.25, 0.3) is 0 Å². The van der Waals surface area contributed by atoms with E-state index in [-0.39, 0.29) is 18.4 Å². The first-order valence-electron chi connectivity index (χ1n) is 9.31. The van der Waals surface area contributed by atoms with Gasteiger partial charge < -0.3 is 24.8 Å². The molecule has 1 heterocycles. The smallest absolute Gasteiger partial charge is 0.410 e. The van der Waals surface area contributed by atoms with Crippen LogP contribution < -0.4 is 5.32 Å². The number of hydrogen-bond donors (Lipinski definition) is 2. The van der Waals surface area contributed by atoms with Crippen molar-refractivity contribution in [2.75, 3.05) is 44.9 Å². The molecule has 0 aromatic heterocycles. The standard InChI is InChI=1S/C18H32N2O6S2/c1-17(2,3)26-16(24)20-9-6-18(7-10-20,13-25-4)15(23)19-8-12-28-27-11-5-14(21)22/h5-13H2,1-4H3,(H,19,23)(H,21,22). The highest BCUT2D eigenvalue weighted by molar-refractivity contribution is 8.76. The lowest BCUT2D eigenvalue weighted by molar-refractivity contribution is -0.138. The average molecular weight is 437 g/mol. The highest BCUT2D eigenvalue weighted by Gasteiger charge is 2.42. The molecule has 1 rings (SSSR count). The number of likely N-dealkylation sites (tertiary alicyclic amines) is 1. The van der Waals surface area contributed by atoms with Crippen molar-refractivity contribution in [2.24, 2.45) is 5.41 Å². The van der Waals surface area contributed by atoms with Crippen LogP contribution in [0.3, 0.4) is 0 Å². The molecule has 0 aromatic carbocycles. The van der Waals surface area contributed by atoms with Crippen LogP contribution in [0.2, 0.25) is 0 Å². The summed E-state index contributed by atoms with van der Waals surface area (Å²) in [4.78, 5) is 37.1. The van der Waals surface area contributed by atoms with Crippen molar-refractivity contribution in [3.63, 3.8) is 0 Å². The Morgan fingerprint density at radius 3 is 2.29 bits per heavy atom. The van der Waals surface area contributed by atoms with Crippen LogP contribution in [0.1, 0.15) is 40.0 Å². The minimum atomic E-state index is -0.805. The van der Waals surface area contributed by atoms with E-state index in [2.05, 4.69) is 5.32 Å². The molecule has 10 heteroatoms. The van der Waals surface area contributed by atoms with Crippen molar-refractivity contribution in [3.05, 3.63) is 0 Å². The zero-order chi connectivity index (χ0) is 21.2. The number of rotatable bonds is 10. The Morgan fingerprint density at radius 1 is 1.14 bits per heavy atom. The Bertz CT molecular complexity index is 531. The Labute approximate surface area is 174 Å². The lowest BCUT2D eigenvalue weighted by atomic mass is 9.78. The topological polar surface area (TPSA) is 105 Å². The highest BCUT2D eigenvalue weighted by Crippen LogP contribution is 2.33. The summed E-state index contributed by atoms with van der Waals surface area (Å²) in [5.41, 5.74) is -1.19. The molecule has 2 amide bonds. The van der Waals surface area contributed by atoms with E-state index in [4.69, 9.17) is 14.6 Å². The molecule has 28 heavy (non-hydrogen) atoms. The summed E-state index contributed by atoms with van der Waals surface area (Å²) in [6.07, 6.45) is 0.822. The predicted octanol–water partition coefficient (Wildman–Crippen LogP) is 2.62. The molecule has 0 atom stereocenters. The number of hydrogen-bond acceptors (Lipinski definition) is 7. The van der Waals surface area contributed by atoms with E-state index in [1.165, 1.54) is 10.8 Å². The van der Waals surface area contributed by atoms with Gasteiger partial charge in [-0.25, -0.2) is 4.79 Å². The van der Waals surface area contributed by atoms with Crippen molar-refractivity contribution in [3.8, 4) is 0 Å². The zero-order valence-electron chi connectivity index (χ0n) is 17.1. The Balaban J connectivity index is 2.43. The minimum absolute atomic E-state index is 0.0608. The molecule has 1 saturated heterocycles. The largest absolute Gasteiger partial charge is 0.481 e. The number of amides is 2. The number of carbonyl (C=O) groups excluding carboxylic acids is 2. The monoisotopic (exact) mass is 436 g/mol. The quantitative estimate of drug-likeness (QED) is 0.398. The molecule has 0 radical (unpaired) electrons. The third kappa shape index (κ3) is 8.91. The van der Waals surface area contributed by atoms with Gasteiger partial charge in [-0.2, -0.15) is 0 Å². The van der Waals surface area contributed by atoms with E-state index in [1.54, 1.807) is 22.8 Å². The molecule has 0 unspecified atom stereocenters. The fourth-order valence-corrected chi connectivity index (χ4v) is 4.68. The third-order valence-corrected chi connectivity index (χ3v) is 6.64. The predicted molar refractivity (Wildman–Crippen MR) is 112 cm³/mol. The number of piperidine rings is 1. The molecule has 0 spiro atoms. The molecule has 1 aliphatic rings. The fraction of sp³-hybridized carbons (Fsp3) is 0.833. The second kappa shape index (κ2) is 11.8. The molecular weight excluding hydrogens is 404 g/mol.